The Bertz CT molecular complexity index is 854. The highest BCUT2D eigenvalue weighted by molar-refractivity contribution is 5.89. The second-order valence-corrected chi connectivity index (χ2v) is 7.96. The van der Waals surface area contributed by atoms with Gasteiger partial charge in [0.2, 0.25) is 0 Å². The van der Waals surface area contributed by atoms with Gasteiger partial charge >= 0.3 is 5.97 Å². The third-order valence-corrected chi connectivity index (χ3v) is 5.08. The molecule has 0 saturated carbocycles. The molecule has 6 nitrogen and oxygen atoms in total. The van der Waals surface area contributed by atoms with Crippen molar-refractivity contribution in [1.29, 1.82) is 0 Å². The predicted octanol–water partition coefficient (Wildman–Crippen LogP) is 6.01. The van der Waals surface area contributed by atoms with Gasteiger partial charge in [0.25, 0.3) is 5.69 Å². The van der Waals surface area contributed by atoms with Crippen LogP contribution in [0.1, 0.15) is 48.5 Å². The van der Waals surface area contributed by atoms with Crippen LogP contribution >= 0.6 is 12.4 Å². The van der Waals surface area contributed by atoms with E-state index in [4.69, 9.17) is 4.74 Å². The van der Waals surface area contributed by atoms with Gasteiger partial charge in [-0.1, -0.05) is 62.6 Å². The van der Waals surface area contributed by atoms with Gasteiger partial charge in [-0.25, -0.2) is 4.79 Å². The maximum Gasteiger partial charge on any atom is 0.338 e. The van der Waals surface area contributed by atoms with Crippen molar-refractivity contribution in [2.45, 2.75) is 38.7 Å². The number of halogens is 1. The number of carbonyl (C=O) groups is 1. The molecule has 0 heterocycles. The minimum absolute atomic E-state index is 0. The normalized spacial score (nSPS) is 12.9. The third kappa shape index (κ3) is 9.20. The van der Waals surface area contributed by atoms with E-state index in [9.17, 15) is 14.9 Å². The standard InChI is InChI=1S/C25H32N2O4.ClH/c1-4-5-7-12-22(19-26(2)3)24(18-13-20-10-8-6-9-11-20)31-25(28)21-14-16-23(17-15-21)27(29)30;/h6,8-11,13-18,22,24H,4-5,7,12,19H2,1-3H3;1H/b18-13+;. The molecule has 2 aromatic rings. The van der Waals surface area contributed by atoms with Gasteiger partial charge in [-0.2, -0.15) is 0 Å². The van der Waals surface area contributed by atoms with Crippen molar-refractivity contribution in [2.75, 3.05) is 20.6 Å². The van der Waals surface area contributed by atoms with Gasteiger partial charge < -0.3 is 9.64 Å². The molecule has 0 aliphatic heterocycles. The van der Waals surface area contributed by atoms with Crippen molar-refractivity contribution in [3.8, 4) is 0 Å². The lowest BCUT2D eigenvalue weighted by molar-refractivity contribution is -0.384. The summed E-state index contributed by atoms with van der Waals surface area (Å²) in [7, 11) is 4.03. The molecule has 0 spiro atoms. The first-order valence-corrected chi connectivity index (χ1v) is 10.7. The molecule has 0 bridgehead atoms. The molecule has 0 N–H and O–H groups in total. The summed E-state index contributed by atoms with van der Waals surface area (Å²) in [6.45, 7) is 2.96. The Morgan fingerprint density at radius 3 is 2.31 bits per heavy atom. The topological polar surface area (TPSA) is 72.7 Å². The zero-order chi connectivity index (χ0) is 22.6. The molecule has 174 valence electrons. The van der Waals surface area contributed by atoms with E-state index in [0.717, 1.165) is 37.8 Å². The number of carbonyl (C=O) groups excluding carboxylic acids is 1. The number of rotatable bonds is 12. The maximum atomic E-state index is 12.8. The number of hydrogen-bond donors (Lipinski definition) is 0. The van der Waals surface area contributed by atoms with Crippen molar-refractivity contribution in [3.63, 3.8) is 0 Å². The van der Waals surface area contributed by atoms with Gasteiger partial charge in [-0.05, 0) is 44.3 Å². The van der Waals surface area contributed by atoms with Gasteiger partial charge in [-0.3, -0.25) is 10.1 Å². The fraction of sp³-hybridized carbons (Fsp3) is 0.400. The van der Waals surface area contributed by atoms with Crippen molar-refractivity contribution in [3.05, 3.63) is 81.9 Å². The van der Waals surface area contributed by atoms with Gasteiger partial charge in [-0.15, -0.1) is 12.4 Å². The van der Waals surface area contributed by atoms with Gasteiger partial charge in [0.15, 0.2) is 0 Å². The van der Waals surface area contributed by atoms with Crippen molar-refractivity contribution >= 4 is 30.1 Å². The van der Waals surface area contributed by atoms with Crippen molar-refractivity contribution in [2.24, 2.45) is 5.92 Å². The third-order valence-electron chi connectivity index (χ3n) is 5.08. The lowest BCUT2D eigenvalue weighted by atomic mass is 9.93. The molecule has 32 heavy (non-hydrogen) atoms. The van der Waals surface area contributed by atoms with Crippen molar-refractivity contribution in [1.82, 2.24) is 4.90 Å². The van der Waals surface area contributed by atoms with Crippen LogP contribution in [0.25, 0.3) is 6.08 Å². The molecule has 2 aromatic carbocycles. The van der Waals surface area contributed by atoms with E-state index in [1.54, 1.807) is 0 Å². The Morgan fingerprint density at radius 2 is 1.75 bits per heavy atom. The molecule has 0 saturated heterocycles. The van der Waals surface area contributed by atoms with Crippen LogP contribution < -0.4 is 0 Å². The average Bonchev–Trinajstić information content (AvgIpc) is 2.76. The zero-order valence-electron chi connectivity index (χ0n) is 19.0. The summed E-state index contributed by atoms with van der Waals surface area (Å²) < 4.78 is 5.93. The molecule has 0 radical (unpaired) electrons. The summed E-state index contributed by atoms with van der Waals surface area (Å²) in [6.07, 6.45) is 7.82. The van der Waals surface area contributed by atoms with Gasteiger partial charge in [0.05, 0.1) is 10.5 Å². The first-order chi connectivity index (χ1) is 14.9. The summed E-state index contributed by atoms with van der Waals surface area (Å²) in [4.78, 5) is 25.3. The summed E-state index contributed by atoms with van der Waals surface area (Å²) in [5.41, 5.74) is 1.29. The fourth-order valence-electron chi connectivity index (χ4n) is 3.46. The summed E-state index contributed by atoms with van der Waals surface area (Å²) in [6, 6.07) is 15.4. The van der Waals surface area contributed by atoms with E-state index in [-0.39, 0.29) is 24.0 Å². The molecule has 0 amide bonds. The van der Waals surface area contributed by atoms with Gasteiger partial charge in [0.1, 0.15) is 6.10 Å². The van der Waals surface area contributed by atoms with Crippen LogP contribution in [0.2, 0.25) is 0 Å². The first kappa shape index (κ1) is 27.3. The number of ether oxygens (including phenoxy) is 1. The number of hydrogen-bond acceptors (Lipinski definition) is 5. The highest BCUT2D eigenvalue weighted by Gasteiger charge is 2.24. The van der Waals surface area contributed by atoms with Crippen LogP contribution in [0.4, 0.5) is 5.69 Å². The smallest absolute Gasteiger partial charge is 0.338 e. The second kappa shape index (κ2) is 14.4. The highest BCUT2D eigenvalue weighted by Crippen LogP contribution is 2.22. The number of nitro groups is 1. The Labute approximate surface area is 196 Å². The number of nitrogens with zero attached hydrogens (tertiary/aromatic N) is 2. The van der Waals surface area contributed by atoms with E-state index in [1.165, 1.54) is 24.3 Å². The van der Waals surface area contributed by atoms with Crippen LogP contribution in [0, 0.1) is 16.0 Å². The Balaban J connectivity index is 0.00000512. The van der Waals surface area contributed by atoms with Crippen LogP contribution in [0.5, 0.6) is 0 Å². The zero-order valence-corrected chi connectivity index (χ0v) is 19.8. The summed E-state index contributed by atoms with van der Waals surface area (Å²) in [5, 5.41) is 10.9. The van der Waals surface area contributed by atoms with E-state index in [0.29, 0.717) is 5.56 Å². The Morgan fingerprint density at radius 1 is 1.09 bits per heavy atom. The molecule has 2 rings (SSSR count). The molecular formula is C25H33ClN2O4. The fourth-order valence-corrected chi connectivity index (χ4v) is 3.46. The van der Waals surface area contributed by atoms with Crippen LogP contribution in [0.3, 0.4) is 0 Å². The number of unbranched alkanes of at least 4 members (excludes halogenated alkanes) is 2. The minimum atomic E-state index is -0.485. The van der Waals surface area contributed by atoms with E-state index in [1.807, 2.05) is 56.6 Å². The quantitative estimate of drug-likeness (QED) is 0.168. The molecule has 2 unspecified atom stereocenters. The monoisotopic (exact) mass is 460 g/mol. The lowest BCUT2D eigenvalue weighted by Gasteiger charge is -2.27. The summed E-state index contributed by atoms with van der Waals surface area (Å²) in [5.74, 6) is -0.333. The molecule has 0 aromatic heterocycles. The van der Waals surface area contributed by atoms with Crippen molar-refractivity contribution < 1.29 is 14.5 Å². The molecule has 7 heteroatoms. The average molecular weight is 461 g/mol. The lowest BCUT2D eigenvalue weighted by Crippen LogP contribution is -2.33. The van der Waals surface area contributed by atoms with E-state index in [2.05, 4.69) is 11.8 Å². The Hall–Kier alpha value is -2.70. The number of non-ortho nitro benzene ring substituents is 1. The van der Waals surface area contributed by atoms with Crippen LogP contribution in [-0.2, 0) is 4.74 Å². The number of benzene rings is 2. The molecule has 0 fully saturated rings. The van der Waals surface area contributed by atoms with Crippen LogP contribution in [-0.4, -0.2) is 42.5 Å². The first-order valence-electron chi connectivity index (χ1n) is 10.7. The van der Waals surface area contributed by atoms with E-state index >= 15 is 0 Å². The SMILES string of the molecule is CCCCCC(CN(C)C)C(/C=C/c1ccccc1)OC(=O)c1ccc([N+](=O)[O-])cc1.Cl. The van der Waals surface area contributed by atoms with Gasteiger partial charge in [0, 0.05) is 24.6 Å². The molecule has 0 aliphatic rings. The largest absolute Gasteiger partial charge is 0.454 e. The number of esters is 1. The Kier molecular flexibility index (Phi) is 12.3. The number of nitro benzene ring substituents is 1. The molecule has 0 aliphatic carbocycles. The molecular weight excluding hydrogens is 428 g/mol. The summed E-state index contributed by atoms with van der Waals surface area (Å²) >= 11 is 0. The molecule has 2 atom stereocenters. The minimum Gasteiger partial charge on any atom is -0.454 e. The maximum absolute atomic E-state index is 12.8. The second-order valence-electron chi connectivity index (χ2n) is 7.96. The van der Waals surface area contributed by atoms with Crippen LogP contribution in [0.15, 0.2) is 60.7 Å². The van der Waals surface area contributed by atoms with E-state index < -0.39 is 17.0 Å². The highest BCUT2D eigenvalue weighted by atomic mass is 35.5. The predicted molar refractivity (Wildman–Crippen MR) is 131 cm³/mol.